The molecule has 0 atom stereocenters. The zero-order valence-electron chi connectivity index (χ0n) is 13.3. The molecule has 126 valence electrons. The molecule has 0 bridgehead atoms. The number of nitrogens with one attached hydrogen (secondary N) is 2. The van der Waals surface area contributed by atoms with Gasteiger partial charge in [-0.1, -0.05) is 22.0 Å². The zero-order chi connectivity index (χ0) is 15.5. The molecule has 22 heavy (non-hydrogen) atoms. The Bertz CT molecular complexity index is 447. The van der Waals surface area contributed by atoms with E-state index in [2.05, 4.69) is 45.4 Å². The Balaban J connectivity index is 0.00000441. The second-order valence-corrected chi connectivity index (χ2v) is 6.86. The van der Waals surface area contributed by atoms with Crippen LogP contribution in [0.15, 0.2) is 33.7 Å². The molecule has 1 aromatic carbocycles. The summed E-state index contributed by atoms with van der Waals surface area (Å²) >= 11 is 5.30. The minimum absolute atomic E-state index is 0. The molecule has 1 aromatic rings. The van der Waals surface area contributed by atoms with Crippen molar-refractivity contribution in [1.29, 1.82) is 0 Å². The number of aliphatic imine (C=N–C) groups is 1. The predicted molar refractivity (Wildman–Crippen MR) is 112 cm³/mol. The Morgan fingerprint density at radius 3 is 2.77 bits per heavy atom. The van der Waals surface area contributed by atoms with Gasteiger partial charge in [-0.25, -0.2) is 0 Å². The molecule has 4 nitrogen and oxygen atoms in total. The first-order valence-corrected chi connectivity index (χ1v) is 9.00. The van der Waals surface area contributed by atoms with E-state index in [9.17, 15) is 0 Å². The lowest BCUT2D eigenvalue weighted by Crippen LogP contribution is -2.41. The fraction of sp³-hybridized carbons (Fsp3) is 0.533. The van der Waals surface area contributed by atoms with Crippen LogP contribution in [0.1, 0.15) is 13.8 Å². The second-order valence-electron chi connectivity index (χ2n) is 4.72. The maximum atomic E-state index is 5.68. The van der Waals surface area contributed by atoms with Gasteiger partial charge in [-0.3, -0.25) is 4.99 Å². The summed E-state index contributed by atoms with van der Waals surface area (Å²) in [4.78, 5) is 4.17. The maximum Gasteiger partial charge on any atom is 0.191 e. The summed E-state index contributed by atoms with van der Waals surface area (Å²) in [6, 6.07) is 8.31. The van der Waals surface area contributed by atoms with E-state index in [1.54, 1.807) is 7.05 Å². The summed E-state index contributed by atoms with van der Waals surface area (Å²) in [5.74, 6) is 3.77. The van der Waals surface area contributed by atoms with Crippen molar-refractivity contribution < 1.29 is 4.74 Å². The van der Waals surface area contributed by atoms with Gasteiger partial charge in [-0.05, 0) is 32.0 Å². The summed E-state index contributed by atoms with van der Waals surface area (Å²) in [5.41, 5.74) is 0. The van der Waals surface area contributed by atoms with Crippen LogP contribution in [0.5, 0.6) is 5.75 Å². The van der Waals surface area contributed by atoms with Crippen LogP contribution in [0.3, 0.4) is 0 Å². The molecule has 0 aliphatic carbocycles. The third kappa shape index (κ3) is 10.6. The molecule has 0 saturated heterocycles. The number of halogens is 2. The van der Waals surface area contributed by atoms with E-state index >= 15 is 0 Å². The van der Waals surface area contributed by atoms with Gasteiger partial charge < -0.3 is 15.4 Å². The van der Waals surface area contributed by atoms with Crippen molar-refractivity contribution in [2.75, 3.05) is 31.7 Å². The Morgan fingerprint density at radius 2 is 2.14 bits per heavy atom. The van der Waals surface area contributed by atoms with Crippen LogP contribution in [0.2, 0.25) is 0 Å². The van der Waals surface area contributed by atoms with Crippen LogP contribution in [0, 0.1) is 0 Å². The lowest BCUT2D eigenvalue weighted by molar-refractivity contribution is 0.344. The molecule has 0 amide bonds. The van der Waals surface area contributed by atoms with Crippen LogP contribution in [0.25, 0.3) is 0 Å². The molecule has 0 aliphatic heterocycles. The molecule has 0 radical (unpaired) electrons. The van der Waals surface area contributed by atoms with E-state index in [0.717, 1.165) is 40.8 Å². The standard InChI is InChI=1S/C15H24BrN3OS.HI/c1-12(2)19-15(17-3)18-7-9-21-10-8-20-14-6-4-5-13(16)11-14;/h4-6,11-12H,7-10H2,1-3H3,(H2,17,18,19);1H. The maximum absolute atomic E-state index is 5.68. The molecule has 7 heteroatoms. The van der Waals surface area contributed by atoms with E-state index in [0.29, 0.717) is 6.04 Å². The third-order valence-electron chi connectivity index (χ3n) is 2.48. The summed E-state index contributed by atoms with van der Waals surface area (Å²) in [7, 11) is 1.79. The highest BCUT2D eigenvalue weighted by Crippen LogP contribution is 2.17. The summed E-state index contributed by atoms with van der Waals surface area (Å²) in [5, 5.41) is 6.55. The molecule has 1 rings (SSSR count). The highest BCUT2D eigenvalue weighted by Gasteiger charge is 1.99. The lowest BCUT2D eigenvalue weighted by Gasteiger charge is -2.14. The highest BCUT2D eigenvalue weighted by molar-refractivity contribution is 14.0. The van der Waals surface area contributed by atoms with Crippen LogP contribution >= 0.6 is 51.7 Å². The highest BCUT2D eigenvalue weighted by atomic mass is 127. The fourth-order valence-corrected chi connectivity index (χ4v) is 2.62. The largest absolute Gasteiger partial charge is 0.493 e. The van der Waals surface area contributed by atoms with Crippen molar-refractivity contribution in [3.63, 3.8) is 0 Å². The van der Waals surface area contributed by atoms with Crippen molar-refractivity contribution in [3.05, 3.63) is 28.7 Å². The van der Waals surface area contributed by atoms with Crippen molar-refractivity contribution in [2.45, 2.75) is 19.9 Å². The van der Waals surface area contributed by atoms with E-state index in [-0.39, 0.29) is 24.0 Å². The molecule has 2 N–H and O–H groups in total. The van der Waals surface area contributed by atoms with Gasteiger partial charge in [0.2, 0.25) is 0 Å². The Morgan fingerprint density at radius 1 is 1.36 bits per heavy atom. The molecule has 0 aliphatic rings. The predicted octanol–water partition coefficient (Wildman–Crippen LogP) is 3.75. The van der Waals surface area contributed by atoms with E-state index < -0.39 is 0 Å². The smallest absolute Gasteiger partial charge is 0.191 e. The molecule has 0 saturated carbocycles. The first-order chi connectivity index (χ1) is 10.1. The monoisotopic (exact) mass is 501 g/mol. The first kappa shape index (κ1) is 21.9. The van der Waals surface area contributed by atoms with Crippen molar-refractivity contribution in [2.24, 2.45) is 4.99 Å². The van der Waals surface area contributed by atoms with Crippen molar-refractivity contribution in [1.82, 2.24) is 10.6 Å². The minimum Gasteiger partial charge on any atom is -0.493 e. The van der Waals surface area contributed by atoms with Gasteiger partial charge in [0, 0.05) is 35.6 Å². The fourth-order valence-electron chi connectivity index (χ4n) is 1.59. The van der Waals surface area contributed by atoms with Gasteiger partial charge in [0.05, 0.1) is 6.61 Å². The number of rotatable bonds is 8. The molecular weight excluding hydrogens is 477 g/mol. The molecule has 0 heterocycles. The van der Waals surface area contributed by atoms with Crippen LogP contribution in [-0.2, 0) is 0 Å². The van der Waals surface area contributed by atoms with Gasteiger partial charge in [0.15, 0.2) is 5.96 Å². The number of thioether (sulfide) groups is 1. The molecule has 0 aromatic heterocycles. The zero-order valence-corrected chi connectivity index (χ0v) is 18.0. The van der Waals surface area contributed by atoms with Crippen LogP contribution in [0.4, 0.5) is 0 Å². The first-order valence-electron chi connectivity index (χ1n) is 7.05. The van der Waals surface area contributed by atoms with E-state index in [1.807, 2.05) is 36.0 Å². The van der Waals surface area contributed by atoms with Crippen LogP contribution in [-0.4, -0.2) is 43.7 Å². The average Bonchev–Trinajstić information content (AvgIpc) is 2.44. The van der Waals surface area contributed by atoms with Crippen molar-refractivity contribution in [3.8, 4) is 5.75 Å². The molecule has 0 spiro atoms. The van der Waals surface area contributed by atoms with E-state index in [1.165, 1.54) is 0 Å². The summed E-state index contributed by atoms with van der Waals surface area (Å²) in [6.07, 6.45) is 0. The molecular formula is C15H25BrIN3OS. The number of hydrogen-bond acceptors (Lipinski definition) is 3. The SMILES string of the molecule is CN=C(NCCSCCOc1cccc(Br)c1)NC(C)C.I. The third-order valence-corrected chi connectivity index (χ3v) is 3.92. The number of hydrogen-bond donors (Lipinski definition) is 2. The van der Waals surface area contributed by atoms with Gasteiger partial charge in [-0.2, -0.15) is 11.8 Å². The number of nitrogens with zero attached hydrogens (tertiary/aromatic N) is 1. The summed E-state index contributed by atoms with van der Waals surface area (Å²) < 4.78 is 6.72. The number of guanidine groups is 1. The quantitative estimate of drug-likeness (QED) is 0.246. The molecule has 0 fully saturated rings. The number of benzene rings is 1. The molecule has 0 unspecified atom stereocenters. The van der Waals surface area contributed by atoms with Gasteiger partial charge in [0.1, 0.15) is 5.75 Å². The van der Waals surface area contributed by atoms with Gasteiger partial charge in [-0.15, -0.1) is 24.0 Å². The average molecular weight is 502 g/mol. The van der Waals surface area contributed by atoms with E-state index in [4.69, 9.17) is 4.74 Å². The van der Waals surface area contributed by atoms with Gasteiger partial charge in [0.25, 0.3) is 0 Å². The number of ether oxygens (including phenoxy) is 1. The van der Waals surface area contributed by atoms with Crippen LogP contribution < -0.4 is 15.4 Å². The Kier molecular flexibility index (Phi) is 13.2. The normalized spacial score (nSPS) is 11.0. The topological polar surface area (TPSA) is 45.7 Å². The summed E-state index contributed by atoms with van der Waals surface area (Å²) in [6.45, 7) is 5.82. The van der Waals surface area contributed by atoms with Crippen molar-refractivity contribution >= 4 is 57.6 Å². The Labute approximate surface area is 163 Å². The van der Waals surface area contributed by atoms with Gasteiger partial charge >= 0.3 is 0 Å². The second kappa shape index (κ2) is 13.3. The minimum atomic E-state index is 0. The lowest BCUT2D eigenvalue weighted by atomic mass is 10.3. The Hall–Kier alpha value is -0.150.